The van der Waals surface area contributed by atoms with Crippen LogP contribution in [0.1, 0.15) is 0 Å². The Labute approximate surface area is 191 Å². The Balaban J connectivity index is 1.63. The molecule has 1 saturated heterocycles. The second-order valence-corrected chi connectivity index (χ2v) is 8.65. The molecule has 5 nitrogen and oxygen atoms in total. The minimum atomic E-state index is -4.89. The number of carbonyl (C=O) groups is 2. The molecular formula is C20H18Cl2F3N3O2S. The zero-order chi connectivity index (χ0) is 22.6. The van der Waals surface area contributed by atoms with Gasteiger partial charge in [-0.15, -0.1) is 11.8 Å². The lowest BCUT2D eigenvalue weighted by molar-refractivity contribution is -0.185. The minimum Gasteiger partial charge on any atom is -0.366 e. The number of halogens is 5. The van der Waals surface area contributed by atoms with E-state index in [9.17, 15) is 22.8 Å². The van der Waals surface area contributed by atoms with Gasteiger partial charge in [0.2, 0.25) is 5.91 Å². The number of hydrogen-bond donors (Lipinski definition) is 1. The molecule has 0 saturated carbocycles. The van der Waals surface area contributed by atoms with E-state index in [1.165, 1.54) is 11.8 Å². The number of carbonyl (C=O) groups excluding carboxylic acids is 2. The number of anilines is 2. The lowest BCUT2D eigenvalue weighted by atomic mass is 10.2. The summed E-state index contributed by atoms with van der Waals surface area (Å²) in [6.07, 6.45) is -4.89. The SMILES string of the molecule is O=C(CSc1ccc(Cl)cc1)Nc1cc(Cl)ccc1N1CCN(C(=O)C(F)(F)F)CC1. The van der Waals surface area contributed by atoms with Crippen molar-refractivity contribution < 1.29 is 22.8 Å². The summed E-state index contributed by atoms with van der Waals surface area (Å²) >= 11 is 13.3. The molecule has 2 aromatic rings. The van der Waals surface area contributed by atoms with Crippen molar-refractivity contribution in [3.8, 4) is 0 Å². The Morgan fingerprint density at radius 1 is 0.968 bits per heavy atom. The summed E-state index contributed by atoms with van der Waals surface area (Å²) in [5.74, 6) is -1.94. The molecule has 2 aromatic carbocycles. The highest BCUT2D eigenvalue weighted by Gasteiger charge is 2.43. The maximum atomic E-state index is 12.6. The van der Waals surface area contributed by atoms with Crippen LogP contribution < -0.4 is 10.2 Å². The van der Waals surface area contributed by atoms with Crippen molar-refractivity contribution in [1.82, 2.24) is 4.90 Å². The Morgan fingerprint density at radius 2 is 1.58 bits per heavy atom. The molecule has 166 valence electrons. The van der Waals surface area contributed by atoms with Gasteiger partial charge in [-0.3, -0.25) is 9.59 Å². The van der Waals surface area contributed by atoms with E-state index in [0.29, 0.717) is 21.4 Å². The molecule has 1 heterocycles. The van der Waals surface area contributed by atoms with Crippen LogP contribution in [0.15, 0.2) is 47.4 Å². The van der Waals surface area contributed by atoms with Crippen LogP contribution in [0, 0.1) is 0 Å². The monoisotopic (exact) mass is 491 g/mol. The number of nitrogens with one attached hydrogen (secondary N) is 1. The predicted molar refractivity (Wildman–Crippen MR) is 117 cm³/mol. The van der Waals surface area contributed by atoms with E-state index in [-0.39, 0.29) is 37.8 Å². The van der Waals surface area contributed by atoms with E-state index < -0.39 is 12.1 Å². The number of thioether (sulfide) groups is 1. The maximum absolute atomic E-state index is 12.6. The van der Waals surface area contributed by atoms with Crippen molar-refractivity contribution >= 4 is 58.2 Å². The maximum Gasteiger partial charge on any atom is 0.471 e. The second kappa shape index (κ2) is 10.0. The average Bonchev–Trinajstić information content (AvgIpc) is 2.72. The lowest BCUT2D eigenvalue weighted by Crippen LogP contribution is -2.52. The van der Waals surface area contributed by atoms with Crippen LogP contribution in [0.3, 0.4) is 0 Å². The van der Waals surface area contributed by atoms with Gasteiger partial charge < -0.3 is 15.1 Å². The van der Waals surface area contributed by atoms with E-state index in [1.54, 1.807) is 30.3 Å². The van der Waals surface area contributed by atoms with Crippen molar-refractivity contribution in [2.24, 2.45) is 0 Å². The molecule has 0 radical (unpaired) electrons. The summed E-state index contributed by atoms with van der Waals surface area (Å²) in [5.41, 5.74) is 1.10. The van der Waals surface area contributed by atoms with Gasteiger partial charge in [0.15, 0.2) is 0 Å². The molecule has 0 aromatic heterocycles. The van der Waals surface area contributed by atoms with Gasteiger partial charge in [-0.1, -0.05) is 23.2 Å². The number of hydrogen-bond acceptors (Lipinski definition) is 4. The molecule has 0 bridgehead atoms. The van der Waals surface area contributed by atoms with E-state index in [0.717, 1.165) is 9.80 Å². The minimum absolute atomic E-state index is 0.0687. The zero-order valence-electron chi connectivity index (χ0n) is 16.1. The van der Waals surface area contributed by atoms with Crippen LogP contribution in [0.25, 0.3) is 0 Å². The van der Waals surface area contributed by atoms with Crippen LogP contribution in [0.5, 0.6) is 0 Å². The van der Waals surface area contributed by atoms with Crippen molar-refractivity contribution in [1.29, 1.82) is 0 Å². The van der Waals surface area contributed by atoms with E-state index >= 15 is 0 Å². The Bertz CT molecular complexity index is 950. The first kappa shape index (κ1) is 23.6. The van der Waals surface area contributed by atoms with Crippen molar-refractivity contribution in [3.05, 3.63) is 52.5 Å². The quantitative estimate of drug-likeness (QED) is 0.602. The third kappa shape index (κ3) is 6.44. The number of benzene rings is 2. The fourth-order valence-electron chi connectivity index (χ4n) is 3.08. The van der Waals surface area contributed by atoms with Crippen molar-refractivity contribution in [2.45, 2.75) is 11.1 Å². The van der Waals surface area contributed by atoms with Crippen LogP contribution in [-0.4, -0.2) is 54.8 Å². The summed E-state index contributed by atoms with van der Waals surface area (Å²) in [7, 11) is 0. The Morgan fingerprint density at radius 3 is 2.19 bits per heavy atom. The van der Waals surface area contributed by atoms with Gasteiger partial charge in [0.1, 0.15) is 0 Å². The smallest absolute Gasteiger partial charge is 0.366 e. The largest absolute Gasteiger partial charge is 0.471 e. The number of alkyl halides is 3. The molecule has 0 aliphatic carbocycles. The highest BCUT2D eigenvalue weighted by Crippen LogP contribution is 2.31. The Hall–Kier alpha value is -2.10. The highest BCUT2D eigenvalue weighted by molar-refractivity contribution is 8.00. The van der Waals surface area contributed by atoms with E-state index in [4.69, 9.17) is 23.2 Å². The Kier molecular flexibility index (Phi) is 7.61. The second-order valence-electron chi connectivity index (χ2n) is 6.73. The summed E-state index contributed by atoms with van der Waals surface area (Å²) in [6.45, 7) is 0.263. The standard InChI is InChI=1S/C20H18Cl2F3N3O2S/c21-13-1-4-15(5-2-13)31-12-18(29)26-16-11-14(22)3-6-17(16)27-7-9-28(10-8-27)19(30)20(23,24)25/h1-6,11H,7-10,12H2,(H,26,29). The molecule has 0 unspecified atom stereocenters. The summed E-state index contributed by atoms with van der Waals surface area (Å²) in [5, 5.41) is 3.83. The van der Waals surface area contributed by atoms with Crippen molar-refractivity contribution in [3.63, 3.8) is 0 Å². The van der Waals surface area contributed by atoms with E-state index in [2.05, 4.69) is 5.32 Å². The van der Waals surface area contributed by atoms with Gasteiger partial charge in [0.25, 0.3) is 0 Å². The lowest BCUT2D eigenvalue weighted by Gasteiger charge is -2.37. The van der Waals surface area contributed by atoms with Gasteiger partial charge in [0, 0.05) is 41.1 Å². The molecule has 2 amide bonds. The van der Waals surface area contributed by atoms with Gasteiger partial charge in [0.05, 0.1) is 17.1 Å². The average molecular weight is 492 g/mol. The molecule has 1 fully saturated rings. The first-order chi connectivity index (χ1) is 14.6. The summed E-state index contributed by atoms with van der Waals surface area (Å²) in [4.78, 5) is 27.4. The topological polar surface area (TPSA) is 52.7 Å². The molecule has 11 heteroatoms. The predicted octanol–water partition coefficient (Wildman–Crippen LogP) is 4.94. The first-order valence-corrected chi connectivity index (χ1v) is 11.0. The highest BCUT2D eigenvalue weighted by atomic mass is 35.5. The molecule has 1 N–H and O–H groups in total. The molecule has 0 atom stereocenters. The first-order valence-electron chi connectivity index (χ1n) is 9.22. The van der Waals surface area contributed by atoms with Crippen LogP contribution in [-0.2, 0) is 9.59 Å². The third-order valence-corrected chi connectivity index (χ3v) is 6.07. The van der Waals surface area contributed by atoms with Gasteiger partial charge in [-0.2, -0.15) is 13.2 Å². The molecule has 0 spiro atoms. The van der Waals surface area contributed by atoms with Gasteiger partial charge in [-0.25, -0.2) is 0 Å². The fraction of sp³-hybridized carbons (Fsp3) is 0.300. The third-order valence-electron chi connectivity index (χ3n) is 4.57. The molecule has 31 heavy (non-hydrogen) atoms. The molecule has 1 aliphatic rings. The van der Waals surface area contributed by atoms with Gasteiger partial charge >= 0.3 is 12.1 Å². The molecule has 3 rings (SSSR count). The summed E-state index contributed by atoms with van der Waals surface area (Å²) in [6, 6.07) is 12.0. The van der Waals surface area contributed by atoms with Crippen molar-refractivity contribution in [2.75, 3.05) is 42.1 Å². The van der Waals surface area contributed by atoms with Crippen LogP contribution in [0.2, 0.25) is 10.0 Å². The number of nitrogens with zero attached hydrogens (tertiary/aromatic N) is 2. The van der Waals surface area contributed by atoms with Gasteiger partial charge in [-0.05, 0) is 42.5 Å². The number of piperazine rings is 1. The normalized spacial score (nSPS) is 14.5. The number of amides is 2. The summed E-state index contributed by atoms with van der Waals surface area (Å²) < 4.78 is 37.9. The number of rotatable bonds is 5. The molecular weight excluding hydrogens is 474 g/mol. The zero-order valence-corrected chi connectivity index (χ0v) is 18.4. The fourth-order valence-corrected chi connectivity index (χ4v) is 4.08. The van der Waals surface area contributed by atoms with E-state index in [1.807, 2.05) is 17.0 Å². The van der Waals surface area contributed by atoms with Crippen LogP contribution in [0.4, 0.5) is 24.5 Å². The van der Waals surface area contributed by atoms with Crippen LogP contribution >= 0.6 is 35.0 Å². The molecule has 1 aliphatic heterocycles.